The second-order valence-corrected chi connectivity index (χ2v) is 4.75. The summed E-state index contributed by atoms with van der Waals surface area (Å²) in [6.45, 7) is 4.06. The molecule has 0 aliphatic carbocycles. The lowest BCUT2D eigenvalue weighted by Gasteiger charge is -2.14. The highest BCUT2D eigenvalue weighted by molar-refractivity contribution is 6.30. The third-order valence-electron chi connectivity index (χ3n) is 2.91. The molecule has 0 saturated heterocycles. The van der Waals surface area contributed by atoms with E-state index in [0.29, 0.717) is 5.02 Å². The summed E-state index contributed by atoms with van der Waals surface area (Å²) < 4.78 is 0. The number of aliphatic hydroxyl groups is 1. The van der Waals surface area contributed by atoms with Gasteiger partial charge >= 0.3 is 0 Å². The molecule has 0 radical (unpaired) electrons. The molecule has 1 atom stereocenters. The highest BCUT2D eigenvalue weighted by Crippen LogP contribution is 2.26. The van der Waals surface area contributed by atoms with Crippen LogP contribution >= 0.6 is 11.6 Å². The molecule has 0 amide bonds. The van der Waals surface area contributed by atoms with Crippen molar-refractivity contribution in [3.05, 3.63) is 69.7 Å². The summed E-state index contributed by atoms with van der Waals surface area (Å²) in [5, 5.41) is 11.0. The van der Waals surface area contributed by atoms with Gasteiger partial charge in [0.05, 0.1) is 0 Å². The second-order valence-electron chi connectivity index (χ2n) is 4.31. The van der Waals surface area contributed by atoms with E-state index in [2.05, 4.69) is 6.07 Å². The zero-order chi connectivity index (χ0) is 12.4. The van der Waals surface area contributed by atoms with E-state index in [-0.39, 0.29) is 0 Å². The monoisotopic (exact) mass is 246 g/mol. The maximum absolute atomic E-state index is 10.3. The average Bonchev–Trinajstić information content (AvgIpc) is 2.29. The lowest BCUT2D eigenvalue weighted by atomic mass is 9.96. The van der Waals surface area contributed by atoms with Gasteiger partial charge in [0.15, 0.2) is 0 Å². The van der Waals surface area contributed by atoms with Crippen LogP contribution < -0.4 is 0 Å². The Balaban J connectivity index is 2.36. The summed E-state index contributed by atoms with van der Waals surface area (Å²) in [7, 11) is 0. The Kier molecular flexibility index (Phi) is 3.51. The smallest absolute Gasteiger partial charge is 0.104 e. The highest BCUT2D eigenvalue weighted by Gasteiger charge is 2.12. The van der Waals surface area contributed by atoms with E-state index in [4.69, 9.17) is 11.6 Å². The molecule has 17 heavy (non-hydrogen) atoms. The minimum absolute atomic E-state index is 0.590. The van der Waals surface area contributed by atoms with Crippen LogP contribution in [-0.4, -0.2) is 5.11 Å². The minimum atomic E-state index is -0.590. The maximum Gasteiger partial charge on any atom is 0.104 e. The molecule has 0 aliphatic heterocycles. The Morgan fingerprint density at radius 1 is 1.00 bits per heavy atom. The zero-order valence-corrected chi connectivity index (χ0v) is 10.7. The summed E-state index contributed by atoms with van der Waals surface area (Å²) in [6.07, 6.45) is -0.590. The van der Waals surface area contributed by atoms with Crippen LogP contribution in [0.15, 0.2) is 42.5 Å². The lowest BCUT2D eigenvalue weighted by Crippen LogP contribution is -2.02. The van der Waals surface area contributed by atoms with Gasteiger partial charge in [-0.05, 0) is 42.7 Å². The first-order valence-electron chi connectivity index (χ1n) is 5.58. The number of hydrogen-bond acceptors (Lipinski definition) is 1. The summed E-state index contributed by atoms with van der Waals surface area (Å²) >= 11 is 5.83. The number of rotatable bonds is 2. The molecule has 0 heterocycles. The van der Waals surface area contributed by atoms with E-state index in [9.17, 15) is 5.11 Å². The van der Waals surface area contributed by atoms with Gasteiger partial charge in [0.25, 0.3) is 0 Å². The van der Waals surface area contributed by atoms with Gasteiger partial charge in [-0.1, -0.05) is 47.5 Å². The van der Waals surface area contributed by atoms with Crippen LogP contribution in [0, 0.1) is 13.8 Å². The van der Waals surface area contributed by atoms with Crippen LogP contribution in [-0.2, 0) is 0 Å². The number of benzene rings is 2. The van der Waals surface area contributed by atoms with E-state index in [1.165, 1.54) is 5.56 Å². The van der Waals surface area contributed by atoms with Crippen LogP contribution in [0.25, 0.3) is 0 Å². The molecular weight excluding hydrogens is 232 g/mol. The van der Waals surface area contributed by atoms with Crippen LogP contribution in [0.4, 0.5) is 0 Å². The molecule has 88 valence electrons. The first-order valence-corrected chi connectivity index (χ1v) is 5.96. The highest BCUT2D eigenvalue weighted by atomic mass is 35.5. The van der Waals surface area contributed by atoms with Gasteiger partial charge in [0, 0.05) is 5.02 Å². The normalized spacial score (nSPS) is 12.5. The van der Waals surface area contributed by atoms with Crippen molar-refractivity contribution in [3.8, 4) is 0 Å². The predicted octanol–water partition coefficient (Wildman–Crippen LogP) is 4.04. The molecule has 2 rings (SSSR count). The van der Waals surface area contributed by atoms with Crippen LogP contribution in [0.3, 0.4) is 0 Å². The fourth-order valence-electron chi connectivity index (χ4n) is 1.96. The molecule has 2 heteroatoms. The van der Waals surface area contributed by atoms with Gasteiger partial charge in [-0.2, -0.15) is 0 Å². The number of aliphatic hydroxyl groups excluding tert-OH is 1. The molecule has 1 nitrogen and oxygen atoms in total. The van der Waals surface area contributed by atoms with Crippen molar-refractivity contribution in [2.75, 3.05) is 0 Å². The van der Waals surface area contributed by atoms with E-state index in [1.54, 1.807) is 12.1 Å². The Morgan fingerprint density at radius 3 is 2.24 bits per heavy atom. The number of hydrogen-bond donors (Lipinski definition) is 1. The van der Waals surface area contributed by atoms with Crippen molar-refractivity contribution >= 4 is 11.6 Å². The number of aryl methyl sites for hydroxylation is 2. The van der Waals surface area contributed by atoms with Crippen molar-refractivity contribution < 1.29 is 5.11 Å². The number of halogens is 1. The van der Waals surface area contributed by atoms with Crippen molar-refractivity contribution in [2.24, 2.45) is 0 Å². The van der Waals surface area contributed by atoms with Crippen molar-refractivity contribution in [3.63, 3.8) is 0 Å². The molecule has 0 spiro atoms. The van der Waals surface area contributed by atoms with Crippen molar-refractivity contribution in [1.82, 2.24) is 0 Å². The third-order valence-corrected chi connectivity index (χ3v) is 3.16. The summed E-state index contributed by atoms with van der Waals surface area (Å²) in [4.78, 5) is 0. The minimum Gasteiger partial charge on any atom is -0.384 e. The Labute approximate surface area is 107 Å². The Morgan fingerprint density at radius 2 is 1.65 bits per heavy atom. The molecule has 2 aromatic carbocycles. The predicted molar refractivity (Wildman–Crippen MR) is 71.4 cm³/mol. The van der Waals surface area contributed by atoms with Gasteiger partial charge in [-0.15, -0.1) is 0 Å². The molecule has 2 aromatic rings. The fourth-order valence-corrected chi connectivity index (χ4v) is 2.08. The van der Waals surface area contributed by atoms with Crippen LogP contribution in [0.5, 0.6) is 0 Å². The molecular formula is C15H15ClO. The largest absolute Gasteiger partial charge is 0.384 e. The van der Waals surface area contributed by atoms with E-state index < -0.39 is 6.10 Å². The van der Waals surface area contributed by atoms with Crippen LogP contribution in [0.2, 0.25) is 5.02 Å². The standard InChI is InChI=1S/C15H15ClO/c1-10-3-8-14(11(2)9-10)15(17)12-4-6-13(16)7-5-12/h3-9,15,17H,1-2H3/t15-/m1/s1. The van der Waals surface area contributed by atoms with Gasteiger partial charge in [0.1, 0.15) is 6.10 Å². The third kappa shape index (κ3) is 2.68. The quantitative estimate of drug-likeness (QED) is 0.848. The Hall–Kier alpha value is -1.31. The molecule has 0 unspecified atom stereocenters. The SMILES string of the molecule is Cc1ccc([C@H](O)c2ccc(Cl)cc2)c(C)c1. The fraction of sp³-hybridized carbons (Fsp3) is 0.200. The molecule has 0 fully saturated rings. The summed E-state index contributed by atoms with van der Waals surface area (Å²) in [5.74, 6) is 0. The molecule has 0 bridgehead atoms. The maximum atomic E-state index is 10.3. The van der Waals surface area contributed by atoms with E-state index in [1.807, 2.05) is 38.1 Å². The zero-order valence-electron chi connectivity index (χ0n) is 9.94. The van der Waals surface area contributed by atoms with E-state index in [0.717, 1.165) is 16.7 Å². The van der Waals surface area contributed by atoms with Gasteiger partial charge < -0.3 is 5.11 Å². The second kappa shape index (κ2) is 4.91. The van der Waals surface area contributed by atoms with Gasteiger partial charge in [0.2, 0.25) is 0 Å². The van der Waals surface area contributed by atoms with Crippen LogP contribution in [0.1, 0.15) is 28.4 Å². The van der Waals surface area contributed by atoms with E-state index >= 15 is 0 Å². The van der Waals surface area contributed by atoms with Gasteiger partial charge in [-0.25, -0.2) is 0 Å². The first kappa shape index (κ1) is 12.2. The average molecular weight is 247 g/mol. The lowest BCUT2D eigenvalue weighted by molar-refractivity contribution is 0.219. The topological polar surface area (TPSA) is 20.2 Å². The van der Waals surface area contributed by atoms with Crippen molar-refractivity contribution in [1.29, 1.82) is 0 Å². The molecule has 0 saturated carbocycles. The summed E-state index contributed by atoms with van der Waals surface area (Å²) in [5.41, 5.74) is 4.11. The first-order chi connectivity index (χ1) is 8.08. The Bertz CT molecular complexity index is 517. The van der Waals surface area contributed by atoms with Crippen molar-refractivity contribution in [2.45, 2.75) is 20.0 Å². The van der Waals surface area contributed by atoms with Gasteiger partial charge in [-0.3, -0.25) is 0 Å². The molecule has 0 aromatic heterocycles. The summed E-state index contributed by atoms with van der Waals surface area (Å²) in [6, 6.07) is 13.4. The molecule has 0 aliphatic rings. The molecule has 1 N–H and O–H groups in total.